The minimum absolute atomic E-state index is 0.144. The highest BCUT2D eigenvalue weighted by Crippen LogP contribution is 2.27. The van der Waals surface area contributed by atoms with E-state index in [-0.39, 0.29) is 17.7 Å². The van der Waals surface area contributed by atoms with Crippen molar-refractivity contribution in [2.75, 3.05) is 6.54 Å². The lowest BCUT2D eigenvalue weighted by Gasteiger charge is -2.28. The van der Waals surface area contributed by atoms with Gasteiger partial charge in [0.05, 0.1) is 6.04 Å². The Morgan fingerprint density at radius 3 is 2.71 bits per heavy atom. The van der Waals surface area contributed by atoms with E-state index in [9.17, 15) is 9.59 Å². The maximum atomic E-state index is 12.3. The van der Waals surface area contributed by atoms with Crippen molar-refractivity contribution in [3.05, 3.63) is 35.9 Å². The maximum Gasteiger partial charge on any atom is 0.245 e. The standard InChI is InChI=1S/C16H23N3O2/c1-11(17)14(20)19-16(2)9-8-13(10-18-15(16)21)12-6-4-3-5-7-12/h3-7,11,13H,8-10,17H2,1-2H3,(H,18,21)(H,19,20)/t11-,13-,16-/m0/s1. The summed E-state index contributed by atoms with van der Waals surface area (Å²) in [4.78, 5) is 24.1. The first-order valence-corrected chi connectivity index (χ1v) is 7.33. The molecule has 1 heterocycles. The van der Waals surface area contributed by atoms with Crippen molar-refractivity contribution < 1.29 is 9.59 Å². The van der Waals surface area contributed by atoms with Gasteiger partial charge in [-0.05, 0) is 32.3 Å². The van der Waals surface area contributed by atoms with Gasteiger partial charge in [-0.15, -0.1) is 0 Å². The summed E-state index contributed by atoms with van der Waals surface area (Å²) >= 11 is 0. The van der Waals surface area contributed by atoms with Gasteiger partial charge in [0.1, 0.15) is 5.54 Å². The largest absolute Gasteiger partial charge is 0.353 e. The first kappa shape index (κ1) is 15.5. The van der Waals surface area contributed by atoms with Gasteiger partial charge in [0, 0.05) is 12.5 Å². The minimum Gasteiger partial charge on any atom is -0.353 e. The Hall–Kier alpha value is -1.88. The average molecular weight is 289 g/mol. The highest BCUT2D eigenvalue weighted by Gasteiger charge is 2.38. The molecule has 0 saturated carbocycles. The highest BCUT2D eigenvalue weighted by molar-refractivity contribution is 5.92. The van der Waals surface area contributed by atoms with Crippen molar-refractivity contribution in [2.45, 2.75) is 44.2 Å². The van der Waals surface area contributed by atoms with Crippen LogP contribution in [-0.4, -0.2) is 29.9 Å². The van der Waals surface area contributed by atoms with Crippen LogP contribution in [-0.2, 0) is 9.59 Å². The molecule has 2 rings (SSSR count). The molecule has 1 aliphatic heterocycles. The number of hydrogen-bond acceptors (Lipinski definition) is 3. The van der Waals surface area contributed by atoms with Crippen LogP contribution in [0, 0.1) is 0 Å². The van der Waals surface area contributed by atoms with Crippen LogP contribution in [0.1, 0.15) is 38.2 Å². The van der Waals surface area contributed by atoms with Gasteiger partial charge in [0.15, 0.2) is 0 Å². The summed E-state index contributed by atoms with van der Waals surface area (Å²) < 4.78 is 0. The molecule has 4 N–H and O–H groups in total. The molecule has 0 aromatic heterocycles. The average Bonchev–Trinajstić information content (AvgIpc) is 2.60. The number of nitrogens with two attached hydrogens (primary N) is 1. The second kappa shape index (κ2) is 6.26. The smallest absolute Gasteiger partial charge is 0.245 e. The van der Waals surface area contributed by atoms with E-state index in [1.165, 1.54) is 5.56 Å². The van der Waals surface area contributed by atoms with Crippen LogP contribution in [0.25, 0.3) is 0 Å². The van der Waals surface area contributed by atoms with Gasteiger partial charge < -0.3 is 16.4 Å². The van der Waals surface area contributed by atoms with Crippen molar-refractivity contribution in [1.82, 2.24) is 10.6 Å². The molecule has 0 bridgehead atoms. The number of hydrogen-bond donors (Lipinski definition) is 3. The van der Waals surface area contributed by atoms with Crippen LogP contribution in [0.2, 0.25) is 0 Å². The third-order valence-corrected chi connectivity index (χ3v) is 4.09. The Labute approximate surface area is 125 Å². The molecule has 1 saturated heterocycles. The predicted octanol–water partition coefficient (Wildman–Crippen LogP) is 0.902. The molecular weight excluding hydrogens is 266 g/mol. The normalized spacial score (nSPS) is 27.4. The molecule has 0 spiro atoms. The van der Waals surface area contributed by atoms with Gasteiger partial charge in [-0.3, -0.25) is 9.59 Å². The molecule has 3 atom stereocenters. The van der Waals surface area contributed by atoms with Crippen LogP contribution in [0.15, 0.2) is 30.3 Å². The SMILES string of the molecule is C[C@H](N)C(=O)N[C@@]1(C)CC[C@H](c2ccccc2)CNC1=O. The van der Waals surface area contributed by atoms with Crippen LogP contribution >= 0.6 is 0 Å². The van der Waals surface area contributed by atoms with E-state index in [1.807, 2.05) is 18.2 Å². The number of carbonyl (C=O) groups excluding carboxylic acids is 2. The van der Waals surface area contributed by atoms with E-state index in [0.717, 1.165) is 6.42 Å². The molecule has 5 nitrogen and oxygen atoms in total. The number of benzene rings is 1. The molecule has 0 aliphatic carbocycles. The lowest BCUT2D eigenvalue weighted by molar-refractivity contribution is -0.133. The van der Waals surface area contributed by atoms with E-state index in [2.05, 4.69) is 22.8 Å². The van der Waals surface area contributed by atoms with Crippen molar-refractivity contribution in [3.63, 3.8) is 0 Å². The summed E-state index contributed by atoms with van der Waals surface area (Å²) in [5, 5.41) is 5.71. The van der Waals surface area contributed by atoms with Crippen LogP contribution in [0.3, 0.4) is 0 Å². The van der Waals surface area contributed by atoms with Gasteiger partial charge in [0.2, 0.25) is 11.8 Å². The van der Waals surface area contributed by atoms with Crippen molar-refractivity contribution in [1.29, 1.82) is 0 Å². The van der Waals surface area contributed by atoms with E-state index < -0.39 is 11.6 Å². The first-order chi connectivity index (χ1) is 9.92. The molecule has 1 aromatic carbocycles. The third-order valence-electron chi connectivity index (χ3n) is 4.09. The monoisotopic (exact) mass is 289 g/mol. The summed E-state index contributed by atoms with van der Waals surface area (Å²) in [7, 11) is 0. The number of nitrogens with one attached hydrogen (secondary N) is 2. The zero-order chi connectivity index (χ0) is 15.5. The lowest BCUT2D eigenvalue weighted by Crippen LogP contribution is -2.58. The molecule has 21 heavy (non-hydrogen) atoms. The predicted molar refractivity (Wildman–Crippen MR) is 81.6 cm³/mol. The highest BCUT2D eigenvalue weighted by atomic mass is 16.2. The van der Waals surface area contributed by atoms with Crippen molar-refractivity contribution in [3.8, 4) is 0 Å². The summed E-state index contributed by atoms with van der Waals surface area (Å²) in [5.74, 6) is -0.176. The summed E-state index contributed by atoms with van der Waals surface area (Å²) in [6.07, 6.45) is 1.43. The summed E-state index contributed by atoms with van der Waals surface area (Å²) in [6.45, 7) is 3.96. The van der Waals surface area contributed by atoms with Gasteiger partial charge >= 0.3 is 0 Å². The molecule has 0 radical (unpaired) electrons. The van der Waals surface area contributed by atoms with E-state index >= 15 is 0 Å². The maximum absolute atomic E-state index is 12.3. The van der Waals surface area contributed by atoms with Gasteiger partial charge in [-0.1, -0.05) is 30.3 Å². The Morgan fingerprint density at radius 2 is 2.10 bits per heavy atom. The Morgan fingerprint density at radius 1 is 1.43 bits per heavy atom. The fourth-order valence-corrected chi connectivity index (χ4v) is 2.60. The van der Waals surface area contributed by atoms with Gasteiger partial charge in [0.25, 0.3) is 0 Å². The molecule has 1 aliphatic rings. The van der Waals surface area contributed by atoms with E-state index in [1.54, 1.807) is 13.8 Å². The quantitative estimate of drug-likeness (QED) is 0.773. The third kappa shape index (κ3) is 3.61. The molecular formula is C16H23N3O2. The molecule has 0 unspecified atom stereocenters. The molecule has 114 valence electrons. The fraction of sp³-hybridized carbons (Fsp3) is 0.500. The van der Waals surface area contributed by atoms with Gasteiger partial charge in [-0.2, -0.15) is 0 Å². The first-order valence-electron chi connectivity index (χ1n) is 7.33. The Kier molecular flexibility index (Phi) is 4.63. The minimum atomic E-state index is -0.895. The molecule has 5 heteroatoms. The zero-order valence-electron chi connectivity index (χ0n) is 12.6. The van der Waals surface area contributed by atoms with Crippen LogP contribution < -0.4 is 16.4 Å². The van der Waals surface area contributed by atoms with Crippen LogP contribution in [0.5, 0.6) is 0 Å². The zero-order valence-corrected chi connectivity index (χ0v) is 12.6. The van der Waals surface area contributed by atoms with E-state index in [4.69, 9.17) is 5.73 Å². The van der Waals surface area contributed by atoms with Crippen molar-refractivity contribution in [2.24, 2.45) is 5.73 Å². The van der Waals surface area contributed by atoms with Gasteiger partial charge in [-0.25, -0.2) is 0 Å². The second-order valence-corrected chi connectivity index (χ2v) is 5.97. The molecule has 1 aromatic rings. The fourth-order valence-electron chi connectivity index (χ4n) is 2.60. The topological polar surface area (TPSA) is 84.2 Å². The lowest BCUT2D eigenvalue weighted by atomic mass is 9.89. The Bertz CT molecular complexity index is 516. The molecule has 1 fully saturated rings. The summed E-state index contributed by atoms with van der Waals surface area (Å²) in [6, 6.07) is 9.49. The molecule has 2 amide bonds. The van der Waals surface area contributed by atoms with Crippen LogP contribution in [0.4, 0.5) is 0 Å². The summed E-state index contributed by atoms with van der Waals surface area (Å²) in [5.41, 5.74) is 5.89. The van der Waals surface area contributed by atoms with E-state index in [0.29, 0.717) is 13.0 Å². The second-order valence-electron chi connectivity index (χ2n) is 5.97. The number of carbonyl (C=O) groups is 2. The Balaban J connectivity index is 2.10. The number of rotatable bonds is 3. The number of amides is 2. The van der Waals surface area contributed by atoms with Crippen molar-refractivity contribution >= 4 is 11.8 Å².